The molecule has 116 valence electrons. The molecule has 0 N–H and O–H groups in total. The van der Waals surface area contributed by atoms with Crippen molar-refractivity contribution in [1.29, 1.82) is 0 Å². The number of para-hydroxylation sites is 2. The number of carbonyl (C=O) groups is 1. The zero-order chi connectivity index (χ0) is 15.6. The van der Waals surface area contributed by atoms with Crippen molar-refractivity contribution in [3.05, 3.63) is 24.3 Å². The van der Waals surface area contributed by atoms with Gasteiger partial charge in [-0.3, -0.25) is 4.79 Å². The van der Waals surface area contributed by atoms with E-state index in [2.05, 4.69) is 0 Å². The zero-order valence-corrected chi connectivity index (χ0v) is 13.1. The molecule has 0 saturated heterocycles. The molecule has 0 saturated carbocycles. The van der Waals surface area contributed by atoms with E-state index in [9.17, 15) is 13.2 Å². The van der Waals surface area contributed by atoms with E-state index >= 15 is 0 Å². The van der Waals surface area contributed by atoms with Gasteiger partial charge in [-0.05, 0) is 19.1 Å². The van der Waals surface area contributed by atoms with Gasteiger partial charge in [0.1, 0.15) is 11.9 Å². The van der Waals surface area contributed by atoms with Crippen molar-refractivity contribution >= 4 is 15.7 Å². The molecule has 0 radical (unpaired) electrons. The lowest BCUT2D eigenvalue weighted by molar-refractivity contribution is -0.130. The number of carbonyl (C=O) groups excluding carboxylic acids is 1. The Labute approximate surface area is 124 Å². The van der Waals surface area contributed by atoms with Crippen LogP contribution in [0.5, 0.6) is 11.5 Å². The molecular formula is C14H19NO5S. The summed E-state index contributed by atoms with van der Waals surface area (Å²) >= 11 is 0. The smallest absolute Gasteiger partial charge is 0.240 e. The molecule has 1 aliphatic rings. The summed E-state index contributed by atoms with van der Waals surface area (Å²) in [5.41, 5.74) is 0. The van der Waals surface area contributed by atoms with Crippen LogP contribution in [0.1, 0.15) is 6.92 Å². The van der Waals surface area contributed by atoms with Crippen molar-refractivity contribution in [3.8, 4) is 11.5 Å². The molecule has 0 aromatic heterocycles. The van der Waals surface area contributed by atoms with E-state index in [1.807, 2.05) is 18.2 Å². The van der Waals surface area contributed by atoms with Crippen molar-refractivity contribution in [2.75, 3.05) is 26.5 Å². The summed E-state index contributed by atoms with van der Waals surface area (Å²) in [5, 5.41) is -1.06. The number of rotatable bonds is 4. The van der Waals surface area contributed by atoms with Crippen LogP contribution in [0.2, 0.25) is 0 Å². The van der Waals surface area contributed by atoms with Gasteiger partial charge >= 0.3 is 0 Å². The molecule has 21 heavy (non-hydrogen) atoms. The minimum Gasteiger partial charge on any atom is -0.486 e. The molecule has 1 aromatic rings. The van der Waals surface area contributed by atoms with E-state index in [1.54, 1.807) is 13.1 Å². The quantitative estimate of drug-likeness (QED) is 0.819. The third-order valence-electron chi connectivity index (χ3n) is 3.41. The van der Waals surface area contributed by atoms with Crippen LogP contribution in [0, 0.1) is 0 Å². The fourth-order valence-corrected chi connectivity index (χ4v) is 2.59. The molecule has 2 rings (SSSR count). The van der Waals surface area contributed by atoms with E-state index in [4.69, 9.17) is 9.47 Å². The first-order valence-corrected chi connectivity index (χ1v) is 8.57. The van der Waals surface area contributed by atoms with Crippen LogP contribution in [0.15, 0.2) is 24.3 Å². The van der Waals surface area contributed by atoms with Gasteiger partial charge in [0, 0.05) is 13.3 Å². The number of hydrogen-bond donors (Lipinski definition) is 0. The van der Waals surface area contributed by atoms with Gasteiger partial charge in [0.2, 0.25) is 5.91 Å². The molecule has 1 amide bonds. The van der Waals surface area contributed by atoms with Crippen molar-refractivity contribution in [2.45, 2.75) is 18.3 Å². The summed E-state index contributed by atoms with van der Waals surface area (Å²) in [6.45, 7) is 1.98. The number of hydrogen-bond acceptors (Lipinski definition) is 5. The molecule has 1 heterocycles. The maximum atomic E-state index is 12.1. The molecular weight excluding hydrogens is 294 g/mol. The van der Waals surface area contributed by atoms with Gasteiger partial charge < -0.3 is 14.4 Å². The lowest BCUT2D eigenvalue weighted by atomic mass is 10.2. The lowest BCUT2D eigenvalue weighted by Crippen LogP contribution is -2.46. The van der Waals surface area contributed by atoms with Gasteiger partial charge in [0.15, 0.2) is 27.4 Å². The van der Waals surface area contributed by atoms with E-state index in [-0.39, 0.29) is 12.6 Å². The molecule has 0 spiro atoms. The molecule has 0 fully saturated rings. The van der Waals surface area contributed by atoms with Crippen LogP contribution in [-0.4, -0.2) is 57.0 Å². The first-order chi connectivity index (χ1) is 9.79. The van der Waals surface area contributed by atoms with Gasteiger partial charge in [-0.25, -0.2) is 8.42 Å². The highest BCUT2D eigenvalue weighted by atomic mass is 32.2. The van der Waals surface area contributed by atoms with Crippen molar-refractivity contribution in [1.82, 2.24) is 4.90 Å². The molecule has 0 aliphatic carbocycles. The van der Waals surface area contributed by atoms with Gasteiger partial charge in [-0.15, -0.1) is 0 Å². The molecule has 6 nitrogen and oxygen atoms in total. The molecule has 0 bridgehead atoms. The minimum absolute atomic E-state index is 0.271. The second kappa shape index (κ2) is 5.93. The van der Waals surface area contributed by atoms with Gasteiger partial charge in [0.05, 0.1) is 6.54 Å². The summed E-state index contributed by atoms with van der Waals surface area (Å²) in [6, 6.07) is 7.30. The van der Waals surface area contributed by atoms with Gasteiger partial charge in [0.25, 0.3) is 0 Å². The SMILES string of the molecule is C[C@@H](C(=O)N(C)C[C@H]1COc2ccccc2O1)S(C)(=O)=O. The van der Waals surface area contributed by atoms with Crippen LogP contribution in [-0.2, 0) is 14.6 Å². The highest BCUT2D eigenvalue weighted by molar-refractivity contribution is 7.92. The van der Waals surface area contributed by atoms with Crippen molar-refractivity contribution in [2.24, 2.45) is 0 Å². The Bertz CT molecular complexity index is 628. The maximum absolute atomic E-state index is 12.1. The maximum Gasteiger partial charge on any atom is 0.240 e. The monoisotopic (exact) mass is 313 g/mol. The Hall–Kier alpha value is -1.76. The fourth-order valence-electron chi connectivity index (χ4n) is 2.04. The zero-order valence-electron chi connectivity index (χ0n) is 12.3. The summed E-state index contributed by atoms with van der Waals surface area (Å²) in [7, 11) is -1.84. The average Bonchev–Trinajstić information content (AvgIpc) is 2.44. The largest absolute Gasteiger partial charge is 0.486 e. The lowest BCUT2D eigenvalue weighted by Gasteiger charge is -2.30. The molecule has 2 atom stereocenters. The standard InChI is InChI=1S/C14H19NO5S/c1-10(21(3,17)18)14(16)15(2)8-11-9-19-12-6-4-5-7-13(12)20-11/h4-7,10-11H,8-9H2,1-3H3/t10-,11-/m0/s1. The Morgan fingerprint density at radius 2 is 2.00 bits per heavy atom. The van der Waals surface area contributed by atoms with Crippen LogP contribution in [0.25, 0.3) is 0 Å². The second-order valence-corrected chi connectivity index (χ2v) is 7.55. The topological polar surface area (TPSA) is 72.9 Å². The first-order valence-electron chi connectivity index (χ1n) is 6.61. The van der Waals surface area contributed by atoms with E-state index < -0.39 is 21.0 Å². The summed E-state index contributed by atoms with van der Waals surface area (Å²) < 4.78 is 34.2. The van der Waals surface area contributed by atoms with Gasteiger partial charge in [-0.2, -0.15) is 0 Å². The number of ether oxygens (including phenoxy) is 2. The molecule has 7 heteroatoms. The fraction of sp³-hybridized carbons (Fsp3) is 0.500. The number of benzene rings is 1. The predicted molar refractivity (Wildman–Crippen MR) is 78.3 cm³/mol. The Morgan fingerprint density at radius 1 is 1.38 bits per heavy atom. The Balaban J connectivity index is 1.98. The van der Waals surface area contributed by atoms with E-state index in [0.717, 1.165) is 6.26 Å². The van der Waals surface area contributed by atoms with Crippen LogP contribution >= 0.6 is 0 Å². The third kappa shape index (κ3) is 3.66. The Morgan fingerprint density at radius 3 is 2.62 bits per heavy atom. The van der Waals surface area contributed by atoms with Crippen LogP contribution < -0.4 is 9.47 Å². The summed E-state index contributed by atoms with van der Waals surface area (Å²) in [4.78, 5) is 13.4. The number of amides is 1. The number of sulfone groups is 1. The number of fused-ring (bicyclic) bond motifs is 1. The van der Waals surface area contributed by atoms with E-state index in [0.29, 0.717) is 18.1 Å². The molecule has 1 aliphatic heterocycles. The van der Waals surface area contributed by atoms with E-state index in [1.165, 1.54) is 11.8 Å². The summed E-state index contributed by atoms with van der Waals surface area (Å²) in [5.74, 6) is 0.859. The highest BCUT2D eigenvalue weighted by Crippen LogP contribution is 2.30. The van der Waals surface area contributed by atoms with Crippen LogP contribution in [0.4, 0.5) is 0 Å². The number of nitrogens with zero attached hydrogens (tertiary/aromatic N) is 1. The first kappa shape index (κ1) is 15.6. The van der Waals surface area contributed by atoms with Crippen molar-refractivity contribution in [3.63, 3.8) is 0 Å². The normalized spacial score (nSPS) is 18.9. The predicted octanol–water partition coefficient (Wildman–Crippen LogP) is 0.718. The molecule has 0 unspecified atom stereocenters. The van der Waals surface area contributed by atoms with Crippen LogP contribution in [0.3, 0.4) is 0 Å². The molecule has 1 aromatic carbocycles. The van der Waals surface area contributed by atoms with Gasteiger partial charge in [-0.1, -0.05) is 12.1 Å². The number of likely N-dealkylation sites (N-methyl/N-ethyl adjacent to an activating group) is 1. The highest BCUT2D eigenvalue weighted by Gasteiger charge is 2.29. The Kier molecular flexibility index (Phi) is 4.41. The summed E-state index contributed by atoms with van der Waals surface area (Å²) in [6.07, 6.45) is 0.737. The minimum atomic E-state index is -3.40. The van der Waals surface area contributed by atoms with Crippen molar-refractivity contribution < 1.29 is 22.7 Å². The average molecular weight is 313 g/mol. The third-order valence-corrected chi connectivity index (χ3v) is 4.90. The second-order valence-electron chi connectivity index (χ2n) is 5.19.